The van der Waals surface area contributed by atoms with Gasteiger partial charge in [-0.15, -0.1) is 0 Å². The third-order valence-electron chi connectivity index (χ3n) is 0.770. The molecule has 0 bridgehead atoms. The van der Waals surface area contributed by atoms with Crippen LogP contribution in [0.2, 0.25) is 0 Å². The highest BCUT2D eigenvalue weighted by Gasteiger charge is 1.87. The molecule has 0 heterocycles. The summed E-state index contributed by atoms with van der Waals surface area (Å²) in [6, 6.07) is 1.93. The molecule has 0 rings (SSSR count). The Kier molecular flexibility index (Phi) is 5.48. The average molecular weight is 146 g/mol. The van der Waals surface area contributed by atoms with Crippen molar-refractivity contribution < 1.29 is 4.21 Å². The zero-order valence-electron chi connectivity index (χ0n) is 5.39. The van der Waals surface area contributed by atoms with Crippen LogP contribution in [-0.4, -0.2) is 29.3 Å². The van der Waals surface area contributed by atoms with Crippen LogP contribution in [0.5, 0.6) is 0 Å². The van der Waals surface area contributed by atoms with Crippen LogP contribution in [0.15, 0.2) is 0 Å². The lowest BCUT2D eigenvalue weighted by molar-refractivity contribution is 0.682. The highest BCUT2D eigenvalue weighted by Crippen LogP contribution is 1.69. The Hall–Kier alpha value is -0.400. The number of rotatable bonds is 4. The van der Waals surface area contributed by atoms with Crippen LogP contribution in [0.4, 0.5) is 0 Å². The normalized spacial score (nSPS) is 12.4. The van der Waals surface area contributed by atoms with Crippen molar-refractivity contribution in [3.63, 3.8) is 0 Å². The molecule has 0 aromatic heterocycles. The first-order chi connectivity index (χ1) is 4.27. The second-order valence-corrected chi connectivity index (χ2v) is 3.17. The summed E-state index contributed by atoms with van der Waals surface area (Å²) in [6.07, 6.45) is 1.65. The van der Waals surface area contributed by atoms with E-state index in [0.29, 0.717) is 18.8 Å². The van der Waals surface area contributed by atoms with E-state index in [1.165, 1.54) is 0 Å². The summed E-state index contributed by atoms with van der Waals surface area (Å²) in [5.41, 5.74) is 0. The van der Waals surface area contributed by atoms with Crippen LogP contribution in [0.1, 0.15) is 0 Å². The Balaban J connectivity index is 2.94. The lowest BCUT2D eigenvalue weighted by atomic mass is 10.6. The largest absolute Gasteiger partial charge is 0.304 e. The number of nitrogens with one attached hydrogen (secondary N) is 1. The molecule has 0 amide bonds. The van der Waals surface area contributed by atoms with Gasteiger partial charge in [-0.3, -0.25) is 4.21 Å². The van der Waals surface area contributed by atoms with Gasteiger partial charge in [-0.2, -0.15) is 5.26 Å². The molecule has 0 aliphatic rings. The van der Waals surface area contributed by atoms with Crippen molar-refractivity contribution in [2.45, 2.75) is 0 Å². The second kappa shape index (κ2) is 5.73. The zero-order valence-corrected chi connectivity index (χ0v) is 6.20. The Labute approximate surface area is 57.5 Å². The van der Waals surface area contributed by atoms with E-state index in [0.717, 1.165) is 0 Å². The van der Waals surface area contributed by atoms with Crippen LogP contribution in [-0.2, 0) is 10.8 Å². The molecule has 52 valence electrons. The molecule has 1 unspecified atom stereocenters. The molecule has 1 N–H and O–H groups in total. The van der Waals surface area contributed by atoms with Crippen molar-refractivity contribution in [1.82, 2.24) is 5.32 Å². The molecule has 0 radical (unpaired) electrons. The van der Waals surface area contributed by atoms with Crippen LogP contribution in [0.3, 0.4) is 0 Å². The zero-order chi connectivity index (χ0) is 7.11. The van der Waals surface area contributed by atoms with E-state index in [1.807, 2.05) is 6.07 Å². The van der Waals surface area contributed by atoms with Crippen molar-refractivity contribution in [1.29, 1.82) is 5.26 Å². The number of hydrogen-bond donors (Lipinski definition) is 1. The maximum absolute atomic E-state index is 10.4. The molecule has 0 aromatic rings. The van der Waals surface area contributed by atoms with Crippen molar-refractivity contribution >= 4 is 10.8 Å². The summed E-state index contributed by atoms with van der Waals surface area (Å²) in [5.74, 6) is 0.627. The van der Waals surface area contributed by atoms with Gasteiger partial charge in [0.05, 0.1) is 12.6 Å². The number of hydrogen-bond acceptors (Lipinski definition) is 3. The smallest absolute Gasteiger partial charge is 0.0841 e. The van der Waals surface area contributed by atoms with Crippen LogP contribution in [0, 0.1) is 11.3 Å². The topological polar surface area (TPSA) is 52.9 Å². The second-order valence-electron chi connectivity index (χ2n) is 1.61. The van der Waals surface area contributed by atoms with E-state index >= 15 is 0 Å². The number of nitrogens with zero attached hydrogens (tertiary/aromatic N) is 1. The van der Waals surface area contributed by atoms with Gasteiger partial charge in [-0.1, -0.05) is 0 Å². The molecule has 0 saturated carbocycles. The third kappa shape index (κ3) is 7.60. The summed E-state index contributed by atoms with van der Waals surface area (Å²) in [6.45, 7) is 1.01. The van der Waals surface area contributed by atoms with Gasteiger partial charge in [0, 0.05) is 29.4 Å². The summed E-state index contributed by atoms with van der Waals surface area (Å²) in [4.78, 5) is 0. The Morgan fingerprint density at radius 1 is 1.78 bits per heavy atom. The Morgan fingerprint density at radius 2 is 2.44 bits per heavy atom. The summed E-state index contributed by atoms with van der Waals surface area (Å²) in [7, 11) is -0.741. The molecule has 0 fully saturated rings. The van der Waals surface area contributed by atoms with E-state index in [-0.39, 0.29) is 0 Å². The molecule has 0 aromatic carbocycles. The molecular formula is C5H10N2OS. The molecule has 0 saturated heterocycles. The quantitative estimate of drug-likeness (QED) is 0.429. The van der Waals surface area contributed by atoms with E-state index < -0.39 is 10.8 Å². The first-order valence-electron chi connectivity index (χ1n) is 2.65. The molecular weight excluding hydrogens is 136 g/mol. The fourth-order valence-corrected chi connectivity index (χ4v) is 0.792. The fourth-order valence-electron chi connectivity index (χ4n) is 0.360. The lowest BCUT2D eigenvalue weighted by Gasteiger charge is -1.94. The van der Waals surface area contributed by atoms with Crippen LogP contribution < -0.4 is 5.32 Å². The lowest BCUT2D eigenvalue weighted by Crippen LogP contribution is -2.20. The Morgan fingerprint density at radius 3 is 2.89 bits per heavy atom. The summed E-state index contributed by atoms with van der Waals surface area (Å²) in [5, 5.41) is 10.9. The molecule has 1 atom stereocenters. The van der Waals surface area contributed by atoms with Crippen molar-refractivity contribution in [3.05, 3.63) is 0 Å². The van der Waals surface area contributed by atoms with E-state index in [9.17, 15) is 4.21 Å². The maximum atomic E-state index is 10.4. The molecule has 0 aliphatic carbocycles. The minimum absolute atomic E-state index is 0.344. The highest BCUT2D eigenvalue weighted by molar-refractivity contribution is 7.84. The minimum atomic E-state index is -0.741. The fraction of sp³-hybridized carbons (Fsp3) is 0.800. The highest BCUT2D eigenvalue weighted by atomic mass is 32.2. The van der Waals surface area contributed by atoms with E-state index in [1.54, 1.807) is 6.26 Å². The van der Waals surface area contributed by atoms with Gasteiger partial charge < -0.3 is 5.32 Å². The SMILES string of the molecule is CS(=O)CCNCC#N. The van der Waals surface area contributed by atoms with Crippen LogP contribution >= 0.6 is 0 Å². The van der Waals surface area contributed by atoms with Gasteiger partial charge in [0.2, 0.25) is 0 Å². The molecule has 0 aliphatic heterocycles. The maximum Gasteiger partial charge on any atom is 0.0841 e. The molecule has 4 heteroatoms. The Bertz CT molecular complexity index is 129. The predicted octanol–water partition coefficient (Wildman–Crippen LogP) is -0.522. The first kappa shape index (κ1) is 8.60. The monoisotopic (exact) mass is 146 g/mol. The first-order valence-corrected chi connectivity index (χ1v) is 4.38. The van der Waals surface area contributed by atoms with Crippen molar-refractivity contribution in [3.8, 4) is 6.07 Å². The standard InChI is InChI=1S/C5H10N2OS/c1-9(8)5-4-7-3-2-6/h7H,3-5H2,1H3. The van der Waals surface area contributed by atoms with Gasteiger partial charge in [-0.05, 0) is 0 Å². The van der Waals surface area contributed by atoms with Gasteiger partial charge >= 0.3 is 0 Å². The third-order valence-corrected chi connectivity index (χ3v) is 1.55. The summed E-state index contributed by atoms with van der Waals surface area (Å²) >= 11 is 0. The van der Waals surface area contributed by atoms with Gasteiger partial charge in [-0.25, -0.2) is 0 Å². The van der Waals surface area contributed by atoms with Crippen molar-refractivity contribution in [2.75, 3.05) is 25.1 Å². The minimum Gasteiger partial charge on any atom is -0.304 e. The average Bonchev–Trinajstić information content (AvgIpc) is 1.80. The van der Waals surface area contributed by atoms with Gasteiger partial charge in [0.1, 0.15) is 0 Å². The molecule has 0 spiro atoms. The molecule has 3 nitrogen and oxygen atoms in total. The van der Waals surface area contributed by atoms with Gasteiger partial charge in [0.25, 0.3) is 0 Å². The van der Waals surface area contributed by atoms with Crippen LogP contribution in [0.25, 0.3) is 0 Å². The molecule has 9 heavy (non-hydrogen) atoms. The van der Waals surface area contributed by atoms with E-state index in [4.69, 9.17) is 5.26 Å². The van der Waals surface area contributed by atoms with Crippen molar-refractivity contribution in [2.24, 2.45) is 0 Å². The summed E-state index contributed by atoms with van der Waals surface area (Å²) < 4.78 is 10.4. The van der Waals surface area contributed by atoms with E-state index in [2.05, 4.69) is 5.32 Å². The number of nitriles is 1. The van der Waals surface area contributed by atoms with Gasteiger partial charge in [0.15, 0.2) is 0 Å². The predicted molar refractivity (Wildman–Crippen MR) is 37.4 cm³/mol.